The summed E-state index contributed by atoms with van der Waals surface area (Å²) in [6, 6.07) is 6.58. The molecule has 0 fully saturated rings. The SMILES string of the molecule is C/C(=C(\CCO)SS/C(CCO)=C(/C)N(C=O)Cc1ccc(Cl)nc1N)N(C=O)Cc1ccc(Cl)nc1N. The fraction of sp³-hybridized carbons (Fsp3) is 0.333. The van der Waals surface area contributed by atoms with E-state index in [-0.39, 0.29) is 61.1 Å². The Bertz CT molecular complexity index is 1110. The summed E-state index contributed by atoms with van der Waals surface area (Å²) in [5, 5.41) is 19.9. The second-order valence-corrected chi connectivity index (χ2v) is 11.0. The van der Waals surface area contributed by atoms with Crippen molar-refractivity contribution in [3.63, 3.8) is 0 Å². The van der Waals surface area contributed by atoms with Gasteiger partial charge in [-0.05, 0) is 26.0 Å². The summed E-state index contributed by atoms with van der Waals surface area (Å²) in [5.41, 5.74) is 14.4. The standard InChI is InChI=1S/C24H30Cl2N6O4S2/c1-15(31(13-35)11-17-3-5-21(25)29-23(17)27)19(7-9-33)37-38-20(8-10-34)16(2)32(14-36)12-18-4-6-22(26)30-24(18)28/h3-6,13-14,33-34H,7-12H2,1-2H3,(H2,27,29)(H2,28,30)/b19-15-,20-16-. The number of carbonyl (C=O) groups is 2. The number of aromatic nitrogens is 2. The quantitative estimate of drug-likeness (QED) is 0.133. The zero-order valence-electron chi connectivity index (χ0n) is 20.9. The first-order chi connectivity index (χ1) is 18.1. The average molecular weight is 602 g/mol. The molecule has 0 saturated carbocycles. The van der Waals surface area contributed by atoms with Crippen LogP contribution in [-0.2, 0) is 22.7 Å². The van der Waals surface area contributed by atoms with Gasteiger partial charge in [-0.15, -0.1) is 0 Å². The highest BCUT2D eigenvalue weighted by Crippen LogP contribution is 2.42. The van der Waals surface area contributed by atoms with Crippen molar-refractivity contribution in [1.29, 1.82) is 0 Å². The maximum absolute atomic E-state index is 12.0. The van der Waals surface area contributed by atoms with E-state index >= 15 is 0 Å². The minimum atomic E-state index is -0.140. The molecular formula is C24H30Cl2N6O4S2. The number of allylic oxidation sites excluding steroid dienone is 2. The van der Waals surface area contributed by atoms with Gasteiger partial charge >= 0.3 is 0 Å². The van der Waals surface area contributed by atoms with E-state index in [2.05, 4.69) is 9.97 Å². The van der Waals surface area contributed by atoms with Crippen molar-refractivity contribution >= 4 is 69.2 Å². The second-order valence-electron chi connectivity index (χ2n) is 7.95. The molecule has 2 aromatic heterocycles. The number of nitrogens with two attached hydrogens (primary N) is 2. The maximum Gasteiger partial charge on any atom is 0.214 e. The topological polar surface area (TPSA) is 159 Å². The van der Waals surface area contributed by atoms with E-state index in [1.165, 1.54) is 31.4 Å². The van der Waals surface area contributed by atoms with Crippen molar-refractivity contribution in [1.82, 2.24) is 19.8 Å². The highest BCUT2D eigenvalue weighted by atomic mass is 35.5. The van der Waals surface area contributed by atoms with Crippen LogP contribution in [0.4, 0.5) is 11.6 Å². The molecule has 10 nitrogen and oxygen atoms in total. The van der Waals surface area contributed by atoms with Crippen LogP contribution >= 0.6 is 44.8 Å². The average Bonchev–Trinajstić information content (AvgIpc) is 2.88. The zero-order chi connectivity index (χ0) is 28.2. The van der Waals surface area contributed by atoms with Crippen LogP contribution in [0.5, 0.6) is 0 Å². The normalized spacial score (nSPS) is 12.5. The lowest BCUT2D eigenvalue weighted by atomic mass is 10.2. The third-order valence-corrected chi connectivity index (χ3v) is 8.84. The number of hydrogen-bond donors (Lipinski definition) is 4. The van der Waals surface area contributed by atoms with Crippen molar-refractivity contribution in [3.8, 4) is 0 Å². The molecule has 206 valence electrons. The van der Waals surface area contributed by atoms with Gasteiger partial charge in [-0.1, -0.05) is 56.9 Å². The number of aliphatic hydroxyl groups excluding tert-OH is 2. The van der Waals surface area contributed by atoms with Gasteiger partial charge in [-0.2, -0.15) is 0 Å². The van der Waals surface area contributed by atoms with Crippen LogP contribution in [0.15, 0.2) is 45.5 Å². The molecule has 6 N–H and O–H groups in total. The summed E-state index contributed by atoms with van der Waals surface area (Å²) >= 11 is 11.8. The van der Waals surface area contributed by atoms with Gasteiger partial charge in [0.1, 0.15) is 21.9 Å². The molecule has 0 saturated heterocycles. The lowest BCUT2D eigenvalue weighted by molar-refractivity contribution is -0.117. The molecule has 2 rings (SSSR count). The minimum absolute atomic E-state index is 0.140. The molecule has 0 atom stereocenters. The van der Waals surface area contributed by atoms with Gasteiger partial charge < -0.3 is 31.5 Å². The number of rotatable bonds is 15. The number of nitrogen functional groups attached to an aromatic ring is 2. The van der Waals surface area contributed by atoms with Crippen LogP contribution in [0.2, 0.25) is 10.3 Å². The van der Waals surface area contributed by atoms with Gasteiger partial charge in [0, 0.05) is 58.4 Å². The number of aliphatic hydroxyl groups is 2. The zero-order valence-corrected chi connectivity index (χ0v) is 24.1. The summed E-state index contributed by atoms with van der Waals surface area (Å²) in [5.74, 6) is 0.439. The summed E-state index contributed by atoms with van der Waals surface area (Å²) in [7, 11) is 2.67. The Kier molecular flexibility index (Phi) is 13.2. The number of nitrogens with zero attached hydrogens (tertiary/aromatic N) is 4. The number of pyridine rings is 2. The van der Waals surface area contributed by atoms with Crippen LogP contribution in [0.25, 0.3) is 0 Å². The van der Waals surface area contributed by atoms with Crippen molar-refractivity contribution in [2.24, 2.45) is 0 Å². The van der Waals surface area contributed by atoms with E-state index in [9.17, 15) is 19.8 Å². The molecule has 2 amide bonds. The monoisotopic (exact) mass is 600 g/mol. The molecule has 0 bridgehead atoms. The molecule has 0 aliphatic rings. The van der Waals surface area contributed by atoms with Crippen molar-refractivity contribution in [2.75, 3.05) is 24.7 Å². The molecule has 2 aromatic rings. The first-order valence-corrected chi connectivity index (χ1v) is 14.3. The third kappa shape index (κ3) is 9.07. The molecule has 0 aliphatic heterocycles. The molecule has 0 aliphatic carbocycles. The van der Waals surface area contributed by atoms with Crippen molar-refractivity contribution in [2.45, 2.75) is 39.8 Å². The highest BCUT2D eigenvalue weighted by molar-refractivity contribution is 8.79. The predicted molar refractivity (Wildman–Crippen MR) is 155 cm³/mol. The first-order valence-electron chi connectivity index (χ1n) is 11.4. The molecule has 14 heteroatoms. The minimum Gasteiger partial charge on any atom is -0.396 e. The smallest absolute Gasteiger partial charge is 0.214 e. The van der Waals surface area contributed by atoms with Gasteiger partial charge in [0.15, 0.2) is 0 Å². The lowest BCUT2D eigenvalue weighted by Crippen LogP contribution is -2.22. The van der Waals surface area contributed by atoms with Gasteiger partial charge in [-0.25, -0.2) is 9.97 Å². The summed E-state index contributed by atoms with van der Waals surface area (Å²) in [4.78, 5) is 36.3. The fourth-order valence-corrected chi connectivity index (χ4v) is 6.41. The maximum atomic E-state index is 12.0. The van der Waals surface area contributed by atoms with Crippen molar-refractivity contribution in [3.05, 3.63) is 66.9 Å². The summed E-state index contributed by atoms with van der Waals surface area (Å²) < 4.78 is 0. The molecular weight excluding hydrogens is 571 g/mol. The summed E-state index contributed by atoms with van der Waals surface area (Å²) in [6.07, 6.45) is 1.94. The van der Waals surface area contributed by atoms with E-state index in [1.54, 1.807) is 38.1 Å². The third-order valence-electron chi connectivity index (χ3n) is 5.48. The molecule has 2 heterocycles. The van der Waals surface area contributed by atoms with Crippen LogP contribution in [-0.4, -0.2) is 56.0 Å². The van der Waals surface area contributed by atoms with E-state index < -0.39 is 0 Å². The van der Waals surface area contributed by atoms with E-state index in [0.29, 0.717) is 35.3 Å². The van der Waals surface area contributed by atoms with Crippen LogP contribution in [0.3, 0.4) is 0 Å². The Morgan fingerprint density at radius 3 is 1.47 bits per heavy atom. The number of hydrogen-bond acceptors (Lipinski definition) is 10. The highest BCUT2D eigenvalue weighted by Gasteiger charge is 2.18. The molecule has 0 unspecified atom stereocenters. The number of carbonyl (C=O) groups excluding carboxylic acids is 2. The van der Waals surface area contributed by atoms with E-state index in [1.807, 2.05) is 0 Å². The van der Waals surface area contributed by atoms with Gasteiger partial charge in [0.25, 0.3) is 0 Å². The Labute approximate surface area is 239 Å². The van der Waals surface area contributed by atoms with Crippen LogP contribution in [0, 0.1) is 0 Å². The number of amides is 2. The van der Waals surface area contributed by atoms with Crippen LogP contribution < -0.4 is 11.5 Å². The van der Waals surface area contributed by atoms with E-state index in [4.69, 9.17) is 34.7 Å². The van der Waals surface area contributed by atoms with Gasteiger partial charge in [0.05, 0.1) is 13.1 Å². The van der Waals surface area contributed by atoms with Gasteiger partial charge in [-0.3, -0.25) is 9.59 Å². The number of halogens is 2. The first kappa shape index (κ1) is 31.7. The Morgan fingerprint density at radius 2 is 1.18 bits per heavy atom. The van der Waals surface area contributed by atoms with E-state index in [0.717, 1.165) is 9.81 Å². The Balaban J connectivity index is 2.30. The largest absolute Gasteiger partial charge is 0.396 e. The molecule has 0 radical (unpaired) electrons. The Morgan fingerprint density at radius 1 is 0.816 bits per heavy atom. The molecule has 0 spiro atoms. The second kappa shape index (κ2) is 15.8. The lowest BCUT2D eigenvalue weighted by Gasteiger charge is -2.24. The fourth-order valence-electron chi connectivity index (χ4n) is 3.25. The van der Waals surface area contributed by atoms with Crippen molar-refractivity contribution < 1.29 is 19.8 Å². The predicted octanol–water partition coefficient (Wildman–Crippen LogP) is 4.17. The Hall–Kier alpha value is -2.48. The number of anilines is 2. The summed E-state index contributed by atoms with van der Waals surface area (Å²) in [6.45, 7) is 3.59. The van der Waals surface area contributed by atoms with Crippen LogP contribution in [0.1, 0.15) is 37.8 Å². The molecule has 0 aromatic carbocycles. The molecule has 38 heavy (non-hydrogen) atoms. The van der Waals surface area contributed by atoms with Gasteiger partial charge in [0.2, 0.25) is 12.8 Å².